The third-order valence-corrected chi connectivity index (χ3v) is 12.6. The van der Waals surface area contributed by atoms with Gasteiger partial charge in [-0.15, -0.1) is 22.7 Å². The minimum absolute atomic E-state index is 1.26. The molecule has 0 aliphatic rings. The largest absolute Gasteiger partial charge is 0.143 e. The van der Waals surface area contributed by atoms with Crippen LogP contribution in [0.2, 0.25) is 0 Å². The fourth-order valence-corrected chi connectivity index (χ4v) is 10.6. The Labute approximate surface area is 297 Å². The number of hydrogen-bond acceptors (Lipinski definition) is 2. The van der Waals surface area contributed by atoms with E-state index in [2.05, 4.69) is 169 Å². The van der Waals surface area contributed by atoms with Crippen LogP contribution >= 0.6 is 22.7 Å². The van der Waals surface area contributed by atoms with E-state index in [-0.39, 0.29) is 0 Å². The maximum atomic E-state index is 2.44. The highest BCUT2D eigenvalue weighted by molar-refractivity contribution is 7.27. The summed E-state index contributed by atoms with van der Waals surface area (Å²) in [6, 6.07) is 60.8. The third-order valence-electron chi connectivity index (χ3n) is 10.5. The maximum Gasteiger partial charge on any atom is 0.0448 e. The molecule has 11 aromatic rings. The van der Waals surface area contributed by atoms with Gasteiger partial charge in [0.15, 0.2) is 0 Å². The molecule has 0 unspecified atom stereocenters. The van der Waals surface area contributed by atoms with Gasteiger partial charge in [0.1, 0.15) is 0 Å². The minimum atomic E-state index is 1.26. The van der Waals surface area contributed by atoms with E-state index in [0.29, 0.717) is 0 Å². The van der Waals surface area contributed by atoms with Gasteiger partial charge in [0.25, 0.3) is 0 Å². The lowest BCUT2D eigenvalue weighted by Crippen LogP contribution is -1.91. The van der Waals surface area contributed by atoms with Crippen LogP contribution in [0.5, 0.6) is 0 Å². The second kappa shape index (κ2) is 10.9. The van der Waals surface area contributed by atoms with Gasteiger partial charge in [0, 0.05) is 35.8 Å². The minimum Gasteiger partial charge on any atom is -0.143 e. The van der Waals surface area contributed by atoms with Crippen molar-refractivity contribution in [1.82, 2.24) is 0 Å². The summed E-state index contributed by atoms with van der Waals surface area (Å²) in [6.07, 6.45) is 0. The lowest BCUT2D eigenvalue weighted by Gasteiger charge is -2.18. The topological polar surface area (TPSA) is 0 Å². The van der Waals surface area contributed by atoms with E-state index in [1.54, 1.807) is 0 Å². The first-order valence-corrected chi connectivity index (χ1v) is 18.8. The smallest absolute Gasteiger partial charge is 0.0448 e. The monoisotopic (exact) mass is 668 g/mol. The summed E-state index contributed by atoms with van der Waals surface area (Å²) < 4.78 is 4.04. The van der Waals surface area contributed by atoms with Gasteiger partial charge in [-0.2, -0.15) is 0 Å². The average molecular weight is 669 g/mol. The van der Waals surface area contributed by atoms with Crippen LogP contribution in [0.15, 0.2) is 169 Å². The van der Waals surface area contributed by atoms with E-state index >= 15 is 0 Å². The molecular formula is C48H28S2. The van der Waals surface area contributed by atoms with Crippen LogP contribution in [0.1, 0.15) is 0 Å². The second-order valence-electron chi connectivity index (χ2n) is 13.2. The number of benzene rings is 9. The molecule has 0 radical (unpaired) electrons. The predicted molar refractivity (Wildman–Crippen MR) is 221 cm³/mol. The zero-order chi connectivity index (χ0) is 32.8. The van der Waals surface area contributed by atoms with Crippen molar-refractivity contribution in [2.24, 2.45) is 0 Å². The van der Waals surface area contributed by atoms with Crippen molar-refractivity contribution in [3.05, 3.63) is 169 Å². The van der Waals surface area contributed by atoms with Crippen LogP contribution < -0.4 is 0 Å². The Balaban J connectivity index is 1.16. The van der Waals surface area contributed by atoms with E-state index in [4.69, 9.17) is 0 Å². The molecule has 0 fully saturated rings. The highest BCUT2D eigenvalue weighted by atomic mass is 32.1. The first-order valence-electron chi connectivity index (χ1n) is 17.1. The quantitative estimate of drug-likeness (QED) is 0.164. The van der Waals surface area contributed by atoms with Crippen molar-refractivity contribution in [1.29, 1.82) is 0 Å². The van der Waals surface area contributed by atoms with Gasteiger partial charge < -0.3 is 0 Å². The van der Waals surface area contributed by atoms with Crippen LogP contribution in [0.25, 0.3) is 107 Å². The summed E-state index contributed by atoms with van der Waals surface area (Å²) in [5, 5.41) is 16.6. The van der Waals surface area contributed by atoms with Crippen LogP contribution in [0.4, 0.5) is 0 Å². The lowest BCUT2D eigenvalue weighted by atomic mass is 9.84. The first-order chi connectivity index (χ1) is 24.8. The molecule has 2 aromatic heterocycles. The van der Waals surface area contributed by atoms with Gasteiger partial charge in [-0.05, 0) is 94.5 Å². The normalized spacial score (nSPS) is 12.0. The Morgan fingerprint density at radius 1 is 0.340 bits per heavy atom. The van der Waals surface area contributed by atoms with Crippen molar-refractivity contribution in [3.63, 3.8) is 0 Å². The predicted octanol–water partition coefficient (Wildman–Crippen LogP) is 14.9. The number of rotatable bonds is 3. The van der Waals surface area contributed by atoms with Gasteiger partial charge in [-0.3, -0.25) is 0 Å². The fourth-order valence-electron chi connectivity index (χ4n) is 8.25. The van der Waals surface area contributed by atoms with Gasteiger partial charge in [-0.25, -0.2) is 0 Å². The highest BCUT2D eigenvalue weighted by Gasteiger charge is 2.20. The van der Waals surface area contributed by atoms with Crippen molar-refractivity contribution in [2.75, 3.05) is 0 Å². The molecule has 9 aromatic carbocycles. The zero-order valence-electron chi connectivity index (χ0n) is 27.0. The second-order valence-corrected chi connectivity index (χ2v) is 15.2. The van der Waals surface area contributed by atoms with E-state index < -0.39 is 0 Å². The van der Waals surface area contributed by atoms with Crippen LogP contribution in [0, 0.1) is 0 Å². The zero-order valence-corrected chi connectivity index (χ0v) is 28.6. The summed E-state index contributed by atoms with van der Waals surface area (Å²) >= 11 is 3.78. The van der Waals surface area contributed by atoms with E-state index in [0.717, 1.165) is 0 Å². The molecule has 0 bridgehead atoms. The van der Waals surface area contributed by atoms with Crippen LogP contribution in [0.3, 0.4) is 0 Å². The molecule has 0 aliphatic heterocycles. The Morgan fingerprint density at radius 2 is 0.960 bits per heavy atom. The summed E-state index contributed by atoms with van der Waals surface area (Å²) in [7, 11) is 0. The number of thiophene rings is 2. The standard InChI is InChI=1S/C48H28S2/c1-2-12-31-26-32(21-20-29(31)10-1)42-28-49-43-25-24-41-35-23-22-33(27-44(35)50-48(41)47(42)43)45-37-15-5-7-17-39(37)46(40-18-8-6-16-38(40)45)36-19-9-13-30-11-3-4-14-34(30)36/h1-28H. The maximum absolute atomic E-state index is 2.44. The Kier molecular flexibility index (Phi) is 6.09. The molecule has 0 amide bonds. The molecule has 0 saturated heterocycles. The number of hydrogen-bond donors (Lipinski definition) is 0. The molecule has 2 heterocycles. The van der Waals surface area contributed by atoms with Crippen molar-refractivity contribution in [3.8, 4) is 33.4 Å². The molecule has 2 heteroatoms. The highest BCUT2D eigenvalue weighted by Crippen LogP contribution is 2.48. The summed E-state index contributed by atoms with van der Waals surface area (Å²) in [4.78, 5) is 0. The Bertz CT molecular complexity index is 3090. The molecular weight excluding hydrogens is 641 g/mol. The SMILES string of the molecule is c1ccc2cc(-c3csc4ccc5c6ccc(-c7c8ccccc8c(-c8cccc9ccccc89)c8ccccc78)cc6sc5c34)ccc2c1. The molecule has 0 aliphatic carbocycles. The van der Waals surface area contributed by atoms with Crippen LogP contribution in [-0.2, 0) is 0 Å². The number of fused-ring (bicyclic) bond motifs is 9. The Hall–Kier alpha value is -5.80. The first kappa shape index (κ1) is 28.1. The molecule has 50 heavy (non-hydrogen) atoms. The summed E-state index contributed by atoms with van der Waals surface area (Å²) in [6.45, 7) is 0. The van der Waals surface area contributed by atoms with E-state index in [9.17, 15) is 0 Å². The third kappa shape index (κ3) is 4.10. The molecule has 0 saturated carbocycles. The summed E-state index contributed by atoms with van der Waals surface area (Å²) in [5.41, 5.74) is 7.76. The van der Waals surface area contributed by atoms with Crippen molar-refractivity contribution < 1.29 is 0 Å². The molecule has 0 spiro atoms. The summed E-state index contributed by atoms with van der Waals surface area (Å²) in [5.74, 6) is 0. The molecule has 0 atom stereocenters. The van der Waals surface area contributed by atoms with Gasteiger partial charge >= 0.3 is 0 Å². The van der Waals surface area contributed by atoms with Crippen molar-refractivity contribution in [2.45, 2.75) is 0 Å². The van der Waals surface area contributed by atoms with E-state index in [1.165, 1.54) is 107 Å². The lowest BCUT2D eigenvalue weighted by molar-refractivity contribution is 1.69. The molecule has 11 rings (SSSR count). The van der Waals surface area contributed by atoms with Crippen molar-refractivity contribution >= 4 is 96.0 Å². The molecule has 232 valence electrons. The molecule has 0 nitrogen and oxygen atoms in total. The van der Waals surface area contributed by atoms with Gasteiger partial charge in [-0.1, -0.05) is 146 Å². The fraction of sp³-hybridized carbons (Fsp3) is 0. The van der Waals surface area contributed by atoms with Gasteiger partial charge in [0.05, 0.1) is 0 Å². The Morgan fingerprint density at radius 3 is 1.74 bits per heavy atom. The molecule has 0 N–H and O–H groups in total. The van der Waals surface area contributed by atoms with Crippen LogP contribution in [-0.4, -0.2) is 0 Å². The van der Waals surface area contributed by atoms with Gasteiger partial charge in [0.2, 0.25) is 0 Å². The van der Waals surface area contributed by atoms with E-state index in [1.807, 2.05) is 22.7 Å². The average Bonchev–Trinajstić information content (AvgIpc) is 3.78.